The van der Waals surface area contributed by atoms with Gasteiger partial charge in [-0.15, -0.1) is 11.3 Å². The molecule has 0 bridgehead atoms. The van der Waals surface area contributed by atoms with E-state index >= 15 is 0 Å². The van der Waals surface area contributed by atoms with Crippen LogP contribution in [0.5, 0.6) is 0 Å². The summed E-state index contributed by atoms with van der Waals surface area (Å²) in [5, 5.41) is 5.94. The Kier molecular flexibility index (Phi) is 3.94. The third-order valence-electron chi connectivity index (χ3n) is 5.10. The second-order valence-corrected chi connectivity index (χ2v) is 8.22. The molecule has 5 nitrogen and oxygen atoms in total. The lowest BCUT2D eigenvalue weighted by Crippen LogP contribution is -2.64. The molecule has 2 amide bonds. The molecular formula is C17H19N3O2S2. The summed E-state index contributed by atoms with van der Waals surface area (Å²) in [6, 6.07) is 5.78. The number of rotatable bonds is 2. The zero-order valence-corrected chi connectivity index (χ0v) is 15.1. The quantitative estimate of drug-likeness (QED) is 0.825. The van der Waals surface area contributed by atoms with Gasteiger partial charge in [-0.1, -0.05) is 6.07 Å². The molecule has 7 heteroatoms. The van der Waals surface area contributed by atoms with Gasteiger partial charge < -0.3 is 9.80 Å². The molecule has 0 aliphatic carbocycles. The number of nitrogens with zero attached hydrogens (tertiary/aromatic N) is 3. The van der Waals surface area contributed by atoms with E-state index in [0.29, 0.717) is 19.6 Å². The van der Waals surface area contributed by atoms with Crippen LogP contribution >= 0.6 is 22.7 Å². The number of likely N-dealkylation sites (tertiary alicyclic amines) is 1. The molecule has 0 unspecified atom stereocenters. The van der Waals surface area contributed by atoms with Crippen LogP contribution in [-0.4, -0.2) is 60.4 Å². The Morgan fingerprint density at radius 2 is 2.12 bits per heavy atom. The second-order valence-electron chi connectivity index (χ2n) is 6.50. The third kappa shape index (κ3) is 2.56. The predicted octanol–water partition coefficient (Wildman–Crippen LogP) is 2.37. The monoisotopic (exact) mass is 361 g/mol. The van der Waals surface area contributed by atoms with Gasteiger partial charge in [-0.3, -0.25) is 14.5 Å². The van der Waals surface area contributed by atoms with Gasteiger partial charge in [0, 0.05) is 25.0 Å². The number of anilines is 1. The van der Waals surface area contributed by atoms with E-state index in [2.05, 4.69) is 4.90 Å². The first-order valence-electron chi connectivity index (χ1n) is 7.96. The SMILES string of the molecule is CN1CC(=O)N(c2ccsc2)C[C@]12CCN(C(=O)c1cccs1)C2. The van der Waals surface area contributed by atoms with Gasteiger partial charge in [0.25, 0.3) is 5.91 Å². The maximum Gasteiger partial charge on any atom is 0.263 e. The maximum absolute atomic E-state index is 12.7. The van der Waals surface area contributed by atoms with Crippen LogP contribution in [0, 0.1) is 0 Å². The van der Waals surface area contributed by atoms with Crippen molar-refractivity contribution in [3.8, 4) is 0 Å². The lowest BCUT2D eigenvalue weighted by molar-refractivity contribution is -0.123. The Morgan fingerprint density at radius 3 is 2.83 bits per heavy atom. The molecule has 2 aromatic heterocycles. The second kappa shape index (κ2) is 5.98. The Morgan fingerprint density at radius 1 is 1.25 bits per heavy atom. The van der Waals surface area contributed by atoms with Crippen molar-refractivity contribution in [2.24, 2.45) is 0 Å². The first-order chi connectivity index (χ1) is 11.6. The minimum atomic E-state index is -0.150. The normalized spacial score (nSPS) is 25.0. The fraction of sp³-hybridized carbons (Fsp3) is 0.412. The highest BCUT2D eigenvalue weighted by atomic mass is 32.1. The van der Waals surface area contributed by atoms with Crippen LogP contribution in [-0.2, 0) is 4.79 Å². The van der Waals surface area contributed by atoms with Crippen molar-refractivity contribution < 1.29 is 9.59 Å². The van der Waals surface area contributed by atoms with Gasteiger partial charge in [0.1, 0.15) is 0 Å². The van der Waals surface area contributed by atoms with E-state index in [1.54, 1.807) is 11.3 Å². The summed E-state index contributed by atoms with van der Waals surface area (Å²) in [4.78, 5) is 31.9. The lowest BCUT2D eigenvalue weighted by Gasteiger charge is -2.46. The van der Waals surface area contributed by atoms with Crippen molar-refractivity contribution in [3.05, 3.63) is 39.2 Å². The third-order valence-corrected chi connectivity index (χ3v) is 6.63. The van der Waals surface area contributed by atoms with Crippen LogP contribution in [0.3, 0.4) is 0 Å². The Bertz CT molecular complexity index is 744. The number of carbonyl (C=O) groups excluding carboxylic acids is 2. The van der Waals surface area contributed by atoms with Gasteiger partial charge in [0.2, 0.25) is 5.91 Å². The van der Waals surface area contributed by atoms with Gasteiger partial charge in [-0.2, -0.15) is 11.3 Å². The van der Waals surface area contributed by atoms with Gasteiger partial charge in [0.15, 0.2) is 0 Å². The molecule has 2 aliphatic rings. The fourth-order valence-corrected chi connectivity index (χ4v) is 4.96. The Balaban J connectivity index is 1.56. The van der Waals surface area contributed by atoms with Gasteiger partial charge in [0.05, 0.1) is 22.6 Å². The summed E-state index contributed by atoms with van der Waals surface area (Å²) in [7, 11) is 2.00. The Labute approximate surface area is 149 Å². The van der Waals surface area contributed by atoms with Gasteiger partial charge in [-0.25, -0.2) is 0 Å². The topological polar surface area (TPSA) is 43.9 Å². The lowest BCUT2D eigenvalue weighted by atomic mass is 9.93. The molecule has 1 spiro atoms. The van der Waals surface area contributed by atoms with E-state index < -0.39 is 0 Å². The highest BCUT2D eigenvalue weighted by molar-refractivity contribution is 7.12. The Hall–Kier alpha value is -1.70. The number of amides is 2. The zero-order chi connectivity index (χ0) is 16.7. The van der Waals surface area contributed by atoms with E-state index in [9.17, 15) is 9.59 Å². The molecule has 4 rings (SSSR count). The van der Waals surface area contributed by atoms with E-state index in [0.717, 1.165) is 23.5 Å². The molecular weight excluding hydrogens is 342 g/mol. The van der Waals surface area contributed by atoms with Crippen molar-refractivity contribution in [2.45, 2.75) is 12.0 Å². The largest absolute Gasteiger partial charge is 0.336 e. The van der Waals surface area contributed by atoms with E-state index in [1.165, 1.54) is 11.3 Å². The molecule has 1 atom stereocenters. The molecule has 24 heavy (non-hydrogen) atoms. The number of hydrogen-bond acceptors (Lipinski definition) is 5. The first-order valence-corrected chi connectivity index (χ1v) is 9.78. The number of piperazine rings is 1. The predicted molar refractivity (Wildman–Crippen MR) is 96.9 cm³/mol. The highest BCUT2D eigenvalue weighted by Crippen LogP contribution is 2.34. The van der Waals surface area contributed by atoms with Crippen molar-refractivity contribution in [3.63, 3.8) is 0 Å². The number of hydrogen-bond donors (Lipinski definition) is 0. The molecule has 2 aromatic rings. The van der Waals surface area contributed by atoms with Crippen LogP contribution < -0.4 is 4.90 Å². The number of likely N-dealkylation sites (N-methyl/N-ethyl adjacent to an activating group) is 1. The van der Waals surface area contributed by atoms with Crippen LogP contribution in [0.4, 0.5) is 5.69 Å². The molecule has 0 N–H and O–H groups in total. The summed E-state index contributed by atoms with van der Waals surface area (Å²) < 4.78 is 0. The van der Waals surface area contributed by atoms with Crippen LogP contribution in [0.15, 0.2) is 34.3 Å². The van der Waals surface area contributed by atoms with Gasteiger partial charge >= 0.3 is 0 Å². The number of carbonyl (C=O) groups is 2. The molecule has 0 radical (unpaired) electrons. The summed E-state index contributed by atoms with van der Waals surface area (Å²) in [5.41, 5.74) is 0.823. The minimum absolute atomic E-state index is 0.106. The van der Waals surface area contributed by atoms with Crippen LogP contribution in [0.1, 0.15) is 16.1 Å². The molecule has 2 aliphatic heterocycles. The standard InChI is InChI=1S/C17H19N3O2S2/c1-18-9-15(21)20(13-4-8-23-10-13)12-17(18)5-6-19(11-17)16(22)14-3-2-7-24-14/h2-4,7-8,10H,5-6,9,11-12H2,1H3/t17-/m1/s1. The van der Waals surface area contributed by atoms with Crippen molar-refractivity contribution in [1.29, 1.82) is 0 Å². The maximum atomic E-state index is 12.7. The van der Waals surface area contributed by atoms with Crippen LogP contribution in [0.2, 0.25) is 0 Å². The minimum Gasteiger partial charge on any atom is -0.336 e. The summed E-state index contributed by atoms with van der Waals surface area (Å²) >= 11 is 3.08. The van der Waals surface area contributed by atoms with E-state index in [4.69, 9.17) is 0 Å². The molecule has 126 valence electrons. The average Bonchev–Trinajstić information content (AvgIpc) is 3.32. The van der Waals surface area contributed by atoms with Crippen molar-refractivity contribution >= 4 is 40.2 Å². The molecule has 0 aromatic carbocycles. The van der Waals surface area contributed by atoms with E-state index in [1.807, 2.05) is 51.2 Å². The molecule has 2 saturated heterocycles. The molecule has 2 fully saturated rings. The van der Waals surface area contributed by atoms with Gasteiger partial charge in [-0.05, 0) is 36.4 Å². The average molecular weight is 361 g/mol. The number of thiophene rings is 2. The molecule has 0 saturated carbocycles. The summed E-state index contributed by atoms with van der Waals surface area (Å²) in [5.74, 6) is 0.235. The van der Waals surface area contributed by atoms with Crippen molar-refractivity contribution in [1.82, 2.24) is 9.80 Å². The molecule has 4 heterocycles. The first kappa shape index (κ1) is 15.8. The fourth-order valence-electron chi connectivity index (χ4n) is 3.63. The summed E-state index contributed by atoms with van der Waals surface area (Å²) in [6.07, 6.45) is 0.897. The van der Waals surface area contributed by atoms with Crippen molar-refractivity contribution in [2.75, 3.05) is 38.1 Å². The smallest absolute Gasteiger partial charge is 0.263 e. The zero-order valence-electron chi connectivity index (χ0n) is 13.5. The highest BCUT2D eigenvalue weighted by Gasteiger charge is 2.48. The summed E-state index contributed by atoms with van der Waals surface area (Å²) in [6.45, 7) is 2.46. The van der Waals surface area contributed by atoms with E-state index in [-0.39, 0.29) is 17.4 Å². The van der Waals surface area contributed by atoms with Crippen LogP contribution in [0.25, 0.3) is 0 Å².